The number of benzene rings is 1. The van der Waals surface area contributed by atoms with Crippen LogP contribution in [0.4, 0.5) is 19.4 Å². The molecule has 0 radical (unpaired) electrons. The van der Waals surface area contributed by atoms with Crippen molar-refractivity contribution in [1.29, 1.82) is 0 Å². The Bertz CT molecular complexity index is 1230. The number of carbonyl (C=O) groups is 3. The molecule has 2 aromatic rings. The quantitative estimate of drug-likeness (QED) is 0.623. The molecule has 11 heteroatoms. The summed E-state index contributed by atoms with van der Waals surface area (Å²) >= 11 is 0. The summed E-state index contributed by atoms with van der Waals surface area (Å²) in [5.74, 6) is -2.07. The Hall–Kier alpha value is -3.60. The van der Waals surface area contributed by atoms with E-state index in [1.807, 2.05) is 6.07 Å². The number of halogens is 2. The molecule has 2 atom stereocenters. The third kappa shape index (κ3) is 4.70. The van der Waals surface area contributed by atoms with Crippen LogP contribution in [-0.4, -0.2) is 78.6 Å². The maximum absolute atomic E-state index is 14.6. The molecule has 0 aliphatic carbocycles. The maximum Gasteiger partial charge on any atom is 0.318 e. The third-order valence-corrected chi connectivity index (χ3v) is 8.03. The van der Waals surface area contributed by atoms with Crippen molar-refractivity contribution in [3.05, 3.63) is 59.3 Å². The molecule has 1 spiro atoms. The summed E-state index contributed by atoms with van der Waals surface area (Å²) in [7, 11) is 1.52. The molecule has 2 N–H and O–H groups in total. The SMILES string of the molecule is COCCN1C[C@H](c2cccc(F)c2F)CC[C@@H](NC(=O)N2CCC3(CC2)C(=O)Nc2ncccc23)C1=O. The van der Waals surface area contributed by atoms with Gasteiger partial charge >= 0.3 is 6.03 Å². The Balaban J connectivity index is 1.27. The smallest absolute Gasteiger partial charge is 0.318 e. The average molecular weight is 528 g/mol. The van der Waals surface area contributed by atoms with Crippen LogP contribution < -0.4 is 10.6 Å². The molecule has 5 rings (SSSR count). The van der Waals surface area contributed by atoms with Crippen molar-refractivity contribution >= 4 is 23.7 Å². The molecule has 38 heavy (non-hydrogen) atoms. The number of amides is 4. The van der Waals surface area contributed by atoms with Gasteiger partial charge in [0.05, 0.1) is 12.0 Å². The maximum atomic E-state index is 14.6. The molecule has 1 aromatic carbocycles. The second-order valence-corrected chi connectivity index (χ2v) is 10.1. The lowest BCUT2D eigenvalue weighted by Crippen LogP contribution is -2.55. The van der Waals surface area contributed by atoms with E-state index < -0.39 is 29.0 Å². The number of anilines is 1. The topological polar surface area (TPSA) is 104 Å². The highest BCUT2D eigenvalue weighted by Crippen LogP contribution is 2.43. The van der Waals surface area contributed by atoms with Crippen molar-refractivity contribution in [1.82, 2.24) is 20.1 Å². The number of aromatic nitrogens is 1. The molecular formula is C27H31F2N5O4. The van der Waals surface area contributed by atoms with Crippen molar-refractivity contribution in [3.8, 4) is 0 Å². The lowest BCUT2D eigenvalue weighted by atomic mass is 9.74. The van der Waals surface area contributed by atoms with Crippen LogP contribution in [-0.2, 0) is 19.7 Å². The van der Waals surface area contributed by atoms with Gasteiger partial charge in [-0.25, -0.2) is 18.6 Å². The Morgan fingerprint density at radius 3 is 2.74 bits per heavy atom. The van der Waals surface area contributed by atoms with Gasteiger partial charge in [-0.1, -0.05) is 18.2 Å². The fourth-order valence-corrected chi connectivity index (χ4v) is 5.85. The Kier molecular flexibility index (Phi) is 7.29. The fraction of sp³-hybridized carbons (Fsp3) is 0.481. The molecular weight excluding hydrogens is 496 g/mol. The largest absolute Gasteiger partial charge is 0.383 e. The number of urea groups is 1. The van der Waals surface area contributed by atoms with Crippen LogP contribution in [0.25, 0.3) is 0 Å². The first-order valence-electron chi connectivity index (χ1n) is 12.9. The normalized spacial score (nSPS) is 22.7. The van der Waals surface area contributed by atoms with Gasteiger partial charge in [0.2, 0.25) is 11.8 Å². The third-order valence-electron chi connectivity index (χ3n) is 8.03. The van der Waals surface area contributed by atoms with Gasteiger partial charge in [-0.3, -0.25) is 9.59 Å². The first-order valence-corrected chi connectivity index (χ1v) is 12.9. The van der Waals surface area contributed by atoms with Crippen LogP contribution in [0.5, 0.6) is 0 Å². The number of nitrogens with zero attached hydrogens (tertiary/aromatic N) is 3. The van der Waals surface area contributed by atoms with E-state index in [-0.39, 0.29) is 49.5 Å². The van der Waals surface area contributed by atoms with Crippen LogP contribution in [0.1, 0.15) is 42.7 Å². The van der Waals surface area contributed by atoms with Gasteiger partial charge in [-0.05, 0) is 43.4 Å². The minimum absolute atomic E-state index is 0.102. The number of pyridine rings is 1. The van der Waals surface area contributed by atoms with Gasteiger partial charge in [0.25, 0.3) is 0 Å². The number of hydrogen-bond acceptors (Lipinski definition) is 5. The zero-order valence-corrected chi connectivity index (χ0v) is 21.2. The summed E-state index contributed by atoms with van der Waals surface area (Å²) in [4.78, 5) is 46.9. The van der Waals surface area contributed by atoms with Crippen molar-refractivity contribution in [2.75, 3.05) is 45.2 Å². The van der Waals surface area contributed by atoms with Crippen LogP contribution in [0.2, 0.25) is 0 Å². The molecule has 4 heterocycles. The Labute approximate surface area is 219 Å². The van der Waals surface area contributed by atoms with Gasteiger partial charge in [0.15, 0.2) is 11.6 Å². The summed E-state index contributed by atoms with van der Waals surface area (Å²) in [5.41, 5.74) is 0.365. The van der Waals surface area contributed by atoms with E-state index in [1.54, 1.807) is 22.1 Å². The highest BCUT2D eigenvalue weighted by molar-refractivity contribution is 6.05. The number of methoxy groups -OCH3 is 1. The molecule has 0 unspecified atom stereocenters. The van der Waals surface area contributed by atoms with Gasteiger partial charge in [0.1, 0.15) is 11.9 Å². The zero-order valence-electron chi connectivity index (χ0n) is 21.2. The molecule has 4 amide bonds. The average Bonchev–Trinajstić information content (AvgIpc) is 3.09. The summed E-state index contributed by atoms with van der Waals surface area (Å²) in [5, 5.41) is 5.71. The van der Waals surface area contributed by atoms with E-state index in [4.69, 9.17) is 4.74 Å². The van der Waals surface area contributed by atoms with Gasteiger partial charge in [-0.2, -0.15) is 0 Å². The molecule has 3 aliphatic rings. The number of hydrogen-bond donors (Lipinski definition) is 2. The summed E-state index contributed by atoms with van der Waals surface area (Å²) in [6.45, 7) is 1.43. The highest BCUT2D eigenvalue weighted by atomic mass is 19.2. The van der Waals surface area contributed by atoms with Crippen molar-refractivity contribution in [3.63, 3.8) is 0 Å². The second kappa shape index (κ2) is 10.6. The number of fused-ring (bicyclic) bond motifs is 2. The van der Waals surface area contributed by atoms with E-state index >= 15 is 0 Å². The lowest BCUT2D eigenvalue weighted by Gasteiger charge is -2.38. The Morgan fingerprint density at radius 1 is 1.18 bits per heavy atom. The van der Waals surface area contributed by atoms with Crippen molar-refractivity contribution < 1.29 is 27.9 Å². The van der Waals surface area contributed by atoms with Crippen LogP contribution >= 0.6 is 0 Å². The number of piperidine rings is 1. The standard InChI is InChI=1S/C27H31F2N5O4/c1-38-15-14-34-16-17(18-4-2-6-20(28)22(18)29)7-8-21(24(34)35)31-26(37)33-12-9-27(10-13-33)19-5-3-11-30-23(19)32-25(27)36/h2-6,11,17,21H,7-10,12-16H2,1H3,(H,31,37)(H,30,32,36)/t17-,21-/m1/s1. The lowest BCUT2D eigenvalue weighted by molar-refractivity contribution is -0.133. The second-order valence-electron chi connectivity index (χ2n) is 10.1. The minimum Gasteiger partial charge on any atom is -0.383 e. The van der Waals surface area contributed by atoms with E-state index in [0.717, 1.165) is 11.6 Å². The van der Waals surface area contributed by atoms with Gasteiger partial charge < -0.3 is 25.2 Å². The molecule has 0 bridgehead atoms. The first kappa shape index (κ1) is 26.0. The van der Waals surface area contributed by atoms with Gasteiger partial charge in [0, 0.05) is 51.0 Å². The number of carbonyl (C=O) groups excluding carboxylic acids is 3. The number of likely N-dealkylation sites (tertiary alicyclic amines) is 2. The van der Waals surface area contributed by atoms with Crippen molar-refractivity contribution in [2.45, 2.75) is 43.1 Å². The molecule has 2 fully saturated rings. The number of nitrogens with one attached hydrogen (secondary N) is 2. The van der Waals surface area contributed by atoms with Crippen molar-refractivity contribution in [2.24, 2.45) is 0 Å². The first-order chi connectivity index (χ1) is 18.3. The molecule has 0 saturated carbocycles. The highest BCUT2D eigenvalue weighted by Gasteiger charge is 2.49. The monoisotopic (exact) mass is 527 g/mol. The summed E-state index contributed by atoms with van der Waals surface area (Å²) in [6.07, 6.45) is 3.21. The molecule has 9 nitrogen and oxygen atoms in total. The van der Waals surface area contributed by atoms with Crippen LogP contribution in [0.15, 0.2) is 36.5 Å². The number of ether oxygens (including phenoxy) is 1. The predicted molar refractivity (Wildman–Crippen MR) is 134 cm³/mol. The minimum atomic E-state index is -0.927. The van der Waals surface area contributed by atoms with E-state index in [0.29, 0.717) is 38.2 Å². The molecule has 2 saturated heterocycles. The number of rotatable bonds is 5. The summed E-state index contributed by atoms with van der Waals surface area (Å²) < 4.78 is 33.6. The molecule has 202 valence electrons. The zero-order chi connectivity index (χ0) is 26.9. The molecule has 1 aromatic heterocycles. The van der Waals surface area contributed by atoms with E-state index in [1.165, 1.54) is 19.2 Å². The molecule has 3 aliphatic heterocycles. The Morgan fingerprint density at radius 2 is 1.97 bits per heavy atom. The van der Waals surface area contributed by atoms with Gasteiger partial charge in [-0.15, -0.1) is 0 Å². The van der Waals surface area contributed by atoms with Crippen LogP contribution in [0.3, 0.4) is 0 Å². The van der Waals surface area contributed by atoms with E-state index in [2.05, 4.69) is 15.6 Å². The predicted octanol–water partition coefficient (Wildman–Crippen LogP) is 2.78. The fourth-order valence-electron chi connectivity index (χ4n) is 5.85. The summed E-state index contributed by atoms with van der Waals surface area (Å²) in [6, 6.07) is 6.57. The van der Waals surface area contributed by atoms with Crippen LogP contribution in [0, 0.1) is 11.6 Å². The van der Waals surface area contributed by atoms with E-state index in [9.17, 15) is 23.2 Å².